The van der Waals surface area contributed by atoms with Crippen molar-refractivity contribution >= 4 is 22.5 Å². The van der Waals surface area contributed by atoms with Gasteiger partial charge >= 0.3 is 0 Å². The molecule has 22 heavy (non-hydrogen) atoms. The molecular formula is C17H13FN2O2. The van der Waals surface area contributed by atoms with Crippen LogP contribution in [0, 0.1) is 5.82 Å². The number of ether oxygens (including phenoxy) is 1. The first-order valence-electron chi connectivity index (χ1n) is 6.67. The molecule has 3 aromatic rings. The minimum atomic E-state index is -0.357. The monoisotopic (exact) mass is 296 g/mol. The van der Waals surface area contributed by atoms with Crippen molar-refractivity contribution in [2.75, 3.05) is 12.4 Å². The van der Waals surface area contributed by atoms with Crippen molar-refractivity contribution in [3.05, 3.63) is 66.1 Å². The van der Waals surface area contributed by atoms with Crippen LogP contribution in [0.1, 0.15) is 10.4 Å². The maximum atomic E-state index is 12.9. The van der Waals surface area contributed by atoms with Crippen molar-refractivity contribution in [2.45, 2.75) is 0 Å². The maximum Gasteiger partial charge on any atom is 0.260 e. The Kier molecular flexibility index (Phi) is 3.70. The molecule has 0 aliphatic heterocycles. The lowest BCUT2D eigenvalue weighted by Crippen LogP contribution is -2.14. The number of carbonyl (C=O) groups excluding carboxylic acids is 1. The van der Waals surface area contributed by atoms with Crippen molar-refractivity contribution in [1.82, 2.24) is 4.98 Å². The van der Waals surface area contributed by atoms with Crippen molar-refractivity contribution in [1.29, 1.82) is 0 Å². The van der Waals surface area contributed by atoms with Gasteiger partial charge in [0, 0.05) is 11.1 Å². The molecule has 0 aliphatic carbocycles. The lowest BCUT2D eigenvalue weighted by Gasteiger charge is -2.11. The zero-order valence-corrected chi connectivity index (χ0v) is 11.8. The summed E-state index contributed by atoms with van der Waals surface area (Å²) in [4.78, 5) is 16.8. The zero-order chi connectivity index (χ0) is 15.5. The molecule has 1 aromatic heterocycles. The molecule has 0 fully saturated rings. The van der Waals surface area contributed by atoms with Crippen molar-refractivity contribution in [3.63, 3.8) is 0 Å². The van der Waals surface area contributed by atoms with Crippen molar-refractivity contribution < 1.29 is 13.9 Å². The molecule has 1 N–H and O–H groups in total. The highest BCUT2D eigenvalue weighted by Gasteiger charge is 2.17. The summed E-state index contributed by atoms with van der Waals surface area (Å²) in [7, 11) is 1.49. The predicted octanol–water partition coefficient (Wildman–Crippen LogP) is 3.63. The molecule has 4 nitrogen and oxygen atoms in total. The first-order valence-corrected chi connectivity index (χ1v) is 6.67. The number of hydrogen-bond donors (Lipinski definition) is 1. The fraction of sp³-hybridized carbons (Fsp3) is 0.0588. The Balaban J connectivity index is 2.04. The number of methoxy groups -OCH3 is 1. The summed E-state index contributed by atoms with van der Waals surface area (Å²) in [6, 6.07) is 12.9. The van der Waals surface area contributed by atoms with E-state index in [4.69, 9.17) is 4.74 Å². The van der Waals surface area contributed by atoms with Crippen molar-refractivity contribution in [3.8, 4) is 5.75 Å². The third-order valence-corrected chi connectivity index (χ3v) is 3.29. The predicted molar refractivity (Wildman–Crippen MR) is 82.6 cm³/mol. The molecule has 1 amide bonds. The average Bonchev–Trinajstić information content (AvgIpc) is 2.55. The van der Waals surface area contributed by atoms with Gasteiger partial charge in [0.25, 0.3) is 5.91 Å². The lowest BCUT2D eigenvalue weighted by atomic mass is 10.1. The number of nitrogens with zero attached hydrogens (tertiary/aromatic N) is 1. The number of nitrogens with one attached hydrogen (secondary N) is 1. The molecule has 0 bridgehead atoms. The van der Waals surface area contributed by atoms with Gasteiger partial charge in [0.15, 0.2) is 5.75 Å². The van der Waals surface area contributed by atoms with Gasteiger partial charge in [0.05, 0.1) is 24.4 Å². The van der Waals surface area contributed by atoms with E-state index in [0.717, 1.165) is 0 Å². The Morgan fingerprint density at radius 1 is 1.14 bits per heavy atom. The van der Waals surface area contributed by atoms with Gasteiger partial charge in [0.1, 0.15) is 5.82 Å². The Labute approximate surface area is 126 Å². The fourth-order valence-electron chi connectivity index (χ4n) is 2.24. The summed E-state index contributed by atoms with van der Waals surface area (Å²) >= 11 is 0. The van der Waals surface area contributed by atoms with Crippen LogP contribution in [0.15, 0.2) is 54.7 Å². The number of rotatable bonds is 3. The van der Waals surface area contributed by atoms with E-state index >= 15 is 0 Å². The second-order valence-electron chi connectivity index (χ2n) is 4.68. The number of benzene rings is 2. The highest BCUT2D eigenvalue weighted by atomic mass is 19.1. The number of para-hydroxylation sites is 1. The smallest absolute Gasteiger partial charge is 0.260 e. The Morgan fingerprint density at radius 2 is 1.86 bits per heavy atom. The standard InChI is InChI=1S/C17H13FN2O2/c1-22-15-10-19-14-5-3-2-4-13(14)16(15)17(21)20-12-8-6-11(18)7-9-12/h2-10H,1H3,(H,20,21). The summed E-state index contributed by atoms with van der Waals surface area (Å²) in [5, 5.41) is 3.43. The second-order valence-corrected chi connectivity index (χ2v) is 4.68. The molecule has 3 rings (SSSR count). The van der Waals surface area contributed by atoms with Crippen LogP contribution in [-0.4, -0.2) is 18.0 Å². The van der Waals surface area contributed by atoms with Crippen LogP contribution in [0.2, 0.25) is 0 Å². The van der Waals surface area contributed by atoms with E-state index in [1.54, 1.807) is 0 Å². The third-order valence-electron chi connectivity index (χ3n) is 3.29. The molecule has 110 valence electrons. The van der Waals surface area contributed by atoms with Crippen LogP contribution in [0.5, 0.6) is 5.75 Å². The van der Waals surface area contributed by atoms with Crippen LogP contribution < -0.4 is 10.1 Å². The quantitative estimate of drug-likeness (QED) is 0.803. The summed E-state index contributed by atoms with van der Waals surface area (Å²) in [6.07, 6.45) is 1.52. The number of pyridine rings is 1. The third kappa shape index (κ3) is 2.61. The van der Waals surface area contributed by atoms with Crippen molar-refractivity contribution in [2.24, 2.45) is 0 Å². The van der Waals surface area contributed by atoms with Crippen LogP contribution in [-0.2, 0) is 0 Å². The summed E-state index contributed by atoms with van der Waals surface area (Å²) in [6.45, 7) is 0. The molecule has 0 aliphatic rings. The highest BCUT2D eigenvalue weighted by Crippen LogP contribution is 2.27. The van der Waals surface area contributed by atoms with E-state index < -0.39 is 0 Å². The van der Waals surface area contributed by atoms with Gasteiger partial charge in [-0.2, -0.15) is 0 Å². The summed E-state index contributed by atoms with van der Waals surface area (Å²) in [5.41, 5.74) is 1.61. The molecule has 1 heterocycles. The van der Waals surface area contributed by atoms with Crippen LogP contribution >= 0.6 is 0 Å². The molecule has 0 spiro atoms. The minimum absolute atomic E-state index is 0.331. The van der Waals surface area contributed by atoms with E-state index in [9.17, 15) is 9.18 Å². The van der Waals surface area contributed by atoms with Gasteiger partial charge < -0.3 is 10.1 Å². The number of halogens is 1. The van der Waals surface area contributed by atoms with Crippen LogP contribution in [0.25, 0.3) is 10.9 Å². The molecule has 0 saturated heterocycles. The second kappa shape index (κ2) is 5.81. The average molecular weight is 296 g/mol. The molecular weight excluding hydrogens is 283 g/mol. The van der Waals surface area contributed by atoms with Gasteiger partial charge in [-0.15, -0.1) is 0 Å². The molecule has 0 atom stereocenters. The number of aromatic nitrogens is 1. The first-order chi connectivity index (χ1) is 10.7. The first kappa shape index (κ1) is 14.0. The number of carbonyl (C=O) groups is 1. The van der Waals surface area contributed by atoms with Crippen LogP contribution in [0.3, 0.4) is 0 Å². The largest absolute Gasteiger partial charge is 0.494 e. The Bertz CT molecular complexity index is 832. The summed E-state index contributed by atoms with van der Waals surface area (Å²) < 4.78 is 18.2. The summed E-state index contributed by atoms with van der Waals surface area (Å²) in [5.74, 6) is -0.301. The lowest BCUT2D eigenvalue weighted by molar-refractivity contribution is 0.102. The topological polar surface area (TPSA) is 51.2 Å². The SMILES string of the molecule is COc1cnc2ccccc2c1C(=O)Nc1ccc(F)cc1. The Morgan fingerprint density at radius 3 is 2.59 bits per heavy atom. The van der Waals surface area contributed by atoms with Gasteiger partial charge in [0.2, 0.25) is 0 Å². The highest BCUT2D eigenvalue weighted by molar-refractivity contribution is 6.14. The van der Waals surface area contributed by atoms with E-state index in [0.29, 0.717) is 27.9 Å². The minimum Gasteiger partial charge on any atom is -0.494 e. The normalized spacial score (nSPS) is 10.5. The number of amides is 1. The molecule has 0 unspecified atom stereocenters. The van der Waals surface area contributed by atoms with E-state index in [1.807, 2.05) is 24.3 Å². The zero-order valence-electron chi connectivity index (χ0n) is 11.8. The molecule has 0 radical (unpaired) electrons. The van der Waals surface area contributed by atoms with E-state index in [-0.39, 0.29) is 11.7 Å². The van der Waals surface area contributed by atoms with Crippen LogP contribution in [0.4, 0.5) is 10.1 Å². The van der Waals surface area contributed by atoms with Gasteiger partial charge in [-0.05, 0) is 30.3 Å². The molecule has 5 heteroatoms. The van der Waals surface area contributed by atoms with Gasteiger partial charge in [-0.25, -0.2) is 4.39 Å². The molecule has 2 aromatic carbocycles. The maximum absolute atomic E-state index is 12.9. The fourth-order valence-corrected chi connectivity index (χ4v) is 2.24. The molecule has 0 saturated carbocycles. The van der Waals surface area contributed by atoms with E-state index in [1.165, 1.54) is 37.6 Å². The van der Waals surface area contributed by atoms with Gasteiger partial charge in [-0.1, -0.05) is 18.2 Å². The number of hydrogen-bond acceptors (Lipinski definition) is 3. The number of anilines is 1. The number of fused-ring (bicyclic) bond motifs is 1. The van der Waals surface area contributed by atoms with E-state index in [2.05, 4.69) is 10.3 Å². The van der Waals surface area contributed by atoms with Gasteiger partial charge in [-0.3, -0.25) is 9.78 Å². The Hall–Kier alpha value is -2.95.